The lowest BCUT2D eigenvalue weighted by atomic mass is 10.1. The van der Waals surface area contributed by atoms with Crippen molar-refractivity contribution in [2.45, 2.75) is 32.2 Å². The molecule has 2 rings (SSSR count). The van der Waals surface area contributed by atoms with Crippen molar-refractivity contribution < 1.29 is 14.6 Å². The molecular weight excluding hydrogens is 278 g/mol. The third-order valence-corrected chi connectivity index (χ3v) is 3.17. The number of aromatic nitrogens is 2. The van der Waals surface area contributed by atoms with Crippen LogP contribution in [0, 0.1) is 6.92 Å². The molecule has 0 radical (unpaired) electrons. The first-order valence-corrected chi connectivity index (χ1v) is 6.46. The van der Waals surface area contributed by atoms with Crippen LogP contribution in [0.5, 0.6) is 0 Å². The predicted molar refractivity (Wildman–Crippen MR) is 73.8 cm³/mol. The predicted octanol–water partition coefficient (Wildman–Crippen LogP) is -1.20. The Morgan fingerprint density at radius 2 is 2.19 bits per heavy atom. The quantitative estimate of drug-likeness (QED) is 0.606. The zero-order chi connectivity index (χ0) is 15.6. The summed E-state index contributed by atoms with van der Waals surface area (Å²) < 4.78 is 6.82. The summed E-state index contributed by atoms with van der Waals surface area (Å²) >= 11 is 0. The number of nitrogens with one attached hydrogen (secondary N) is 2. The Balaban J connectivity index is 2.31. The van der Waals surface area contributed by atoms with Gasteiger partial charge in [-0.15, -0.1) is 0 Å². The van der Waals surface area contributed by atoms with Crippen LogP contribution in [-0.2, 0) is 9.53 Å². The zero-order valence-corrected chi connectivity index (χ0v) is 11.7. The topological polar surface area (TPSA) is 113 Å². The summed E-state index contributed by atoms with van der Waals surface area (Å²) in [5.74, 6) is -0.248. The summed E-state index contributed by atoms with van der Waals surface area (Å²) in [6, 6.07) is -0.469. The molecule has 1 aromatic heterocycles. The van der Waals surface area contributed by atoms with Crippen LogP contribution in [0.4, 0.5) is 0 Å². The highest BCUT2D eigenvalue weighted by atomic mass is 16.5. The first-order valence-electron chi connectivity index (χ1n) is 6.46. The molecule has 1 amide bonds. The molecule has 8 nitrogen and oxygen atoms in total. The first kappa shape index (κ1) is 15.2. The maximum Gasteiger partial charge on any atom is 0.330 e. The van der Waals surface area contributed by atoms with Crippen LogP contribution < -0.4 is 16.6 Å². The van der Waals surface area contributed by atoms with Crippen molar-refractivity contribution >= 4 is 5.91 Å². The number of rotatable bonds is 3. The Morgan fingerprint density at radius 3 is 2.81 bits per heavy atom. The molecule has 0 saturated heterocycles. The molecule has 2 heterocycles. The van der Waals surface area contributed by atoms with Gasteiger partial charge in [-0.2, -0.15) is 0 Å². The summed E-state index contributed by atoms with van der Waals surface area (Å²) in [6.07, 6.45) is 3.21. The molecule has 114 valence electrons. The maximum atomic E-state index is 11.8. The average Bonchev–Trinajstić information content (AvgIpc) is 2.43. The Bertz CT molecular complexity index is 675. The maximum absolute atomic E-state index is 11.8. The van der Waals surface area contributed by atoms with Gasteiger partial charge >= 0.3 is 5.69 Å². The van der Waals surface area contributed by atoms with Crippen molar-refractivity contribution in [3.63, 3.8) is 0 Å². The number of hydrogen-bond acceptors (Lipinski definition) is 5. The number of hydrogen-bond donors (Lipinski definition) is 3. The van der Waals surface area contributed by atoms with Crippen LogP contribution in [0.15, 0.2) is 27.9 Å². The van der Waals surface area contributed by atoms with Crippen LogP contribution in [0.1, 0.15) is 18.7 Å². The molecule has 21 heavy (non-hydrogen) atoms. The van der Waals surface area contributed by atoms with Gasteiger partial charge in [0.2, 0.25) is 5.91 Å². The second kappa shape index (κ2) is 6.06. The van der Waals surface area contributed by atoms with Gasteiger partial charge in [0.05, 0.1) is 12.6 Å². The Kier molecular flexibility index (Phi) is 4.39. The highest BCUT2D eigenvalue weighted by Crippen LogP contribution is 2.19. The summed E-state index contributed by atoms with van der Waals surface area (Å²) in [5.41, 5.74) is -0.683. The molecule has 1 aliphatic rings. The zero-order valence-electron chi connectivity index (χ0n) is 11.7. The molecule has 0 saturated carbocycles. The fraction of sp³-hybridized carbons (Fsp3) is 0.462. The van der Waals surface area contributed by atoms with Gasteiger partial charge < -0.3 is 15.2 Å². The number of H-pyrrole nitrogens is 1. The van der Waals surface area contributed by atoms with Crippen LogP contribution >= 0.6 is 0 Å². The fourth-order valence-electron chi connectivity index (χ4n) is 2.11. The smallest absolute Gasteiger partial charge is 0.330 e. The van der Waals surface area contributed by atoms with E-state index in [2.05, 4.69) is 10.3 Å². The molecule has 0 spiro atoms. The summed E-state index contributed by atoms with van der Waals surface area (Å²) in [5, 5.41) is 12.0. The third kappa shape index (κ3) is 3.29. The van der Waals surface area contributed by atoms with E-state index in [1.54, 1.807) is 19.1 Å². The van der Waals surface area contributed by atoms with E-state index in [0.717, 1.165) is 0 Å². The van der Waals surface area contributed by atoms with Gasteiger partial charge in [-0.1, -0.05) is 6.08 Å². The van der Waals surface area contributed by atoms with Crippen molar-refractivity contribution in [3.05, 3.63) is 44.8 Å². The lowest BCUT2D eigenvalue weighted by Gasteiger charge is -2.32. The van der Waals surface area contributed by atoms with Crippen molar-refractivity contribution in [3.8, 4) is 0 Å². The second-order valence-electron chi connectivity index (χ2n) is 4.84. The normalized spacial score (nSPS) is 24.8. The van der Waals surface area contributed by atoms with Gasteiger partial charge in [0.1, 0.15) is 6.10 Å². The molecular formula is C13H17N3O5. The number of ether oxygens (including phenoxy) is 1. The summed E-state index contributed by atoms with van der Waals surface area (Å²) in [4.78, 5) is 36.4. The number of amides is 1. The van der Waals surface area contributed by atoms with E-state index in [1.165, 1.54) is 17.7 Å². The van der Waals surface area contributed by atoms with E-state index in [0.29, 0.717) is 5.56 Å². The number of aromatic amines is 1. The van der Waals surface area contributed by atoms with Gasteiger partial charge in [-0.25, -0.2) is 4.79 Å². The molecule has 3 atom stereocenters. The Hall–Kier alpha value is -2.19. The highest BCUT2D eigenvalue weighted by Gasteiger charge is 2.28. The average molecular weight is 295 g/mol. The number of carbonyl (C=O) groups excluding carboxylic acids is 1. The van der Waals surface area contributed by atoms with Gasteiger partial charge in [-0.05, 0) is 13.0 Å². The van der Waals surface area contributed by atoms with Crippen LogP contribution in [0.2, 0.25) is 0 Å². The van der Waals surface area contributed by atoms with E-state index in [1.807, 2.05) is 0 Å². The first-order chi connectivity index (χ1) is 9.92. The molecule has 0 aliphatic carbocycles. The third-order valence-electron chi connectivity index (χ3n) is 3.17. The van der Waals surface area contributed by atoms with Crippen molar-refractivity contribution in [1.29, 1.82) is 0 Å². The summed E-state index contributed by atoms with van der Waals surface area (Å²) in [7, 11) is 0. The van der Waals surface area contributed by atoms with Crippen molar-refractivity contribution in [2.75, 3.05) is 6.61 Å². The van der Waals surface area contributed by atoms with Crippen molar-refractivity contribution in [1.82, 2.24) is 14.9 Å². The van der Waals surface area contributed by atoms with E-state index < -0.39 is 29.6 Å². The van der Waals surface area contributed by atoms with Gasteiger partial charge in [0, 0.05) is 18.7 Å². The van der Waals surface area contributed by atoms with Crippen LogP contribution in [0.25, 0.3) is 0 Å². The van der Waals surface area contributed by atoms with E-state index >= 15 is 0 Å². The highest BCUT2D eigenvalue weighted by molar-refractivity contribution is 5.73. The minimum absolute atomic E-state index is 0.248. The molecule has 0 aromatic carbocycles. The minimum Gasteiger partial charge on any atom is -0.394 e. The number of nitrogens with zero attached hydrogens (tertiary/aromatic N) is 1. The number of aliphatic hydroxyl groups excluding tert-OH is 1. The molecule has 8 heteroatoms. The molecule has 1 aromatic rings. The van der Waals surface area contributed by atoms with Crippen LogP contribution in [-0.4, -0.2) is 39.3 Å². The van der Waals surface area contributed by atoms with Gasteiger partial charge in [-0.3, -0.25) is 19.1 Å². The lowest BCUT2D eigenvalue weighted by Crippen LogP contribution is -2.48. The Labute approximate surface area is 120 Å². The number of aryl methyl sites for hydroxylation is 1. The summed E-state index contributed by atoms with van der Waals surface area (Å²) in [6.45, 7) is 2.62. The number of aliphatic hydroxyl groups is 1. The van der Waals surface area contributed by atoms with Crippen LogP contribution in [0.3, 0.4) is 0 Å². The SMILES string of the molecule is CC(=O)N[C@@H]1C=C[C@H](n2cc(C)c(=O)[nH]c2=O)O[C@@H]1CO. The van der Waals surface area contributed by atoms with Crippen molar-refractivity contribution in [2.24, 2.45) is 0 Å². The molecule has 0 fully saturated rings. The Morgan fingerprint density at radius 1 is 1.48 bits per heavy atom. The largest absolute Gasteiger partial charge is 0.394 e. The molecule has 0 bridgehead atoms. The standard InChI is InChI=1S/C13H17N3O5/c1-7-5-16(13(20)15-12(7)19)11-4-3-9(14-8(2)18)10(6-17)21-11/h3-5,9-11,17H,6H2,1-2H3,(H,14,18)(H,15,19,20)/t9-,10-,11-/m1/s1. The van der Waals surface area contributed by atoms with Gasteiger partial charge in [0.25, 0.3) is 5.56 Å². The molecule has 1 aliphatic heterocycles. The van der Waals surface area contributed by atoms with E-state index in [-0.39, 0.29) is 12.5 Å². The lowest BCUT2D eigenvalue weighted by molar-refractivity contribution is -0.122. The number of carbonyl (C=O) groups is 1. The molecule has 0 unspecified atom stereocenters. The van der Waals surface area contributed by atoms with E-state index in [9.17, 15) is 19.5 Å². The fourth-order valence-corrected chi connectivity index (χ4v) is 2.11. The monoisotopic (exact) mass is 295 g/mol. The second-order valence-corrected chi connectivity index (χ2v) is 4.84. The minimum atomic E-state index is -0.754. The van der Waals surface area contributed by atoms with Gasteiger partial charge in [0.15, 0.2) is 6.23 Å². The van der Waals surface area contributed by atoms with E-state index in [4.69, 9.17) is 4.74 Å². The molecule has 3 N–H and O–H groups in total.